The van der Waals surface area contributed by atoms with Crippen LogP contribution in [0.5, 0.6) is 0 Å². The molecule has 1 fully saturated rings. The second-order valence-corrected chi connectivity index (χ2v) is 8.13. The van der Waals surface area contributed by atoms with Crippen LogP contribution in [0, 0.1) is 27.7 Å². The van der Waals surface area contributed by atoms with Crippen molar-refractivity contribution in [2.24, 2.45) is 4.99 Å². The summed E-state index contributed by atoms with van der Waals surface area (Å²) in [6.07, 6.45) is 0. The lowest BCUT2D eigenvalue weighted by atomic mass is 10.1. The molecule has 1 aromatic heterocycles. The van der Waals surface area contributed by atoms with Crippen LogP contribution in [0.4, 0.5) is 5.69 Å². The SMILES string of the molecule is CN=C(NCc1nc(C)c(C)s1)N1CCN(c2cccc(C)c2C)CC1.I. The van der Waals surface area contributed by atoms with E-state index in [0.29, 0.717) is 0 Å². The molecule has 0 radical (unpaired) electrons. The van der Waals surface area contributed by atoms with Gasteiger partial charge in [0.2, 0.25) is 0 Å². The number of hydrogen-bond acceptors (Lipinski definition) is 4. The second-order valence-electron chi connectivity index (χ2n) is 6.84. The van der Waals surface area contributed by atoms with Gasteiger partial charge in [-0.15, -0.1) is 35.3 Å². The first kappa shape index (κ1) is 21.9. The Balaban J connectivity index is 0.00000261. The fraction of sp³-hybridized carbons (Fsp3) is 0.500. The largest absolute Gasteiger partial charge is 0.368 e. The predicted octanol–water partition coefficient (Wildman–Crippen LogP) is 3.89. The third-order valence-corrected chi connectivity index (χ3v) is 6.25. The van der Waals surface area contributed by atoms with Gasteiger partial charge < -0.3 is 15.1 Å². The van der Waals surface area contributed by atoms with E-state index in [-0.39, 0.29) is 24.0 Å². The Morgan fingerprint density at radius 2 is 1.85 bits per heavy atom. The van der Waals surface area contributed by atoms with Gasteiger partial charge in [0, 0.05) is 43.8 Å². The molecule has 3 rings (SSSR count). The summed E-state index contributed by atoms with van der Waals surface area (Å²) in [6, 6.07) is 6.57. The maximum atomic E-state index is 4.61. The van der Waals surface area contributed by atoms with Crippen LogP contribution in [-0.4, -0.2) is 49.1 Å². The van der Waals surface area contributed by atoms with E-state index in [4.69, 9.17) is 0 Å². The standard InChI is InChI=1S/C20H29N5S.HI/c1-14-7-6-8-18(15(14)2)24-9-11-25(12-10-24)20(21-5)22-13-19-23-16(3)17(4)26-19;/h6-8H,9-13H2,1-5H3,(H,21,22);1H. The van der Waals surface area contributed by atoms with Crippen molar-refractivity contribution in [3.63, 3.8) is 0 Å². The number of benzene rings is 1. The number of thiazole rings is 1. The molecule has 27 heavy (non-hydrogen) atoms. The van der Waals surface area contributed by atoms with Crippen LogP contribution in [0.3, 0.4) is 0 Å². The van der Waals surface area contributed by atoms with Crippen molar-refractivity contribution in [3.8, 4) is 0 Å². The molecule has 0 atom stereocenters. The van der Waals surface area contributed by atoms with E-state index in [1.807, 2.05) is 7.05 Å². The van der Waals surface area contributed by atoms with E-state index in [9.17, 15) is 0 Å². The second kappa shape index (κ2) is 9.73. The topological polar surface area (TPSA) is 43.8 Å². The lowest BCUT2D eigenvalue weighted by Crippen LogP contribution is -2.52. The first-order valence-electron chi connectivity index (χ1n) is 9.19. The number of aromatic nitrogens is 1. The Labute approximate surface area is 183 Å². The smallest absolute Gasteiger partial charge is 0.194 e. The third-order valence-electron chi connectivity index (χ3n) is 5.18. The minimum atomic E-state index is 0. The number of aryl methyl sites for hydroxylation is 3. The molecule has 7 heteroatoms. The monoisotopic (exact) mass is 499 g/mol. The summed E-state index contributed by atoms with van der Waals surface area (Å²) in [4.78, 5) is 15.2. The van der Waals surface area contributed by atoms with Gasteiger partial charge in [-0.25, -0.2) is 4.98 Å². The summed E-state index contributed by atoms with van der Waals surface area (Å²) in [7, 11) is 1.86. The van der Waals surface area contributed by atoms with Crippen LogP contribution in [0.2, 0.25) is 0 Å². The molecule has 0 spiro atoms. The zero-order valence-electron chi connectivity index (χ0n) is 16.9. The Morgan fingerprint density at radius 1 is 1.15 bits per heavy atom. The van der Waals surface area contributed by atoms with Gasteiger partial charge in [0.1, 0.15) is 5.01 Å². The van der Waals surface area contributed by atoms with E-state index in [1.165, 1.54) is 21.7 Å². The Hall–Kier alpha value is -1.35. The van der Waals surface area contributed by atoms with Gasteiger partial charge in [-0.1, -0.05) is 12.1 Å². The minimum Gasteiger partial charge on any atom is -0.368 e. The molecule has 148 valence electrons. The van der Waals surface area contributed by atoms with Gasteiger partial charge in [-0.2, -0.15) is 0 Å². The number of anilines is 1. The van der Waals surface area contributed by atoms with E-state index >= 15 is 0 Å². The molecule has 0 aliphatic carbocycles. The van der Waals surface area contributed by atoms with Crippen LogP contribution in [-0.2, 0) is 6.54 Å². The number of halogens is 1. The van der Waals surface area contributed by atoms with Crippen molar-refractivity contribution in [2.45, 2.75) is 34.2 Å². The number of nitrogens with one attached hydrogen (secondary N) is 1. The van der Waals surface area contributed by atoms with Crippen LogP contribution in [0.15, 0.2) is 23.2 Å². The summed E-state index contributed by atoms with van der Waals surface area (Å²) in [6.45, 7) is 13.3. The number of guanidine groups is 1. The average molecular weight is 499 g/mol. The predicted molar refractivity (Wildman–Crippen MR) is 127 cm³/mol. The van der Waals surface area contributed by atoms with Gasteiger partial charge >= 0.3 is 0 Å². The highest BCUT2D eigenvalue weighted by Gasteiger charge is 2.21. The number of rotatable bonds is 3. The molecule has 1 aliphatic rings. The number of piperazine rings is 1. The van der Waals surface area contributed by atoms with E-state index in [2.05, 4.69) is 71.0 Å². The molecule has 5 nitrogen and oxygen atoms in total. The maximum absolute atomic E-state index is 4.61. The maximum Gasteiger partial charge on any atom is 0.194 e. The van der Waals surface area contributed by atoms with Crippen LogP contribution in [0.1, 0.15) is 26.7 Å². The fourth-order valence-electron chi connectivity index (χ4n) is 3.34. The Morgan fingerprint density at radius 3 is 2.44 bits per heavy atom. The lowest BCUT2D eigenvalue weighted by molar-refractivity contribution is 0.372. The fourth-order valence-corrected chi connectivity index (χ4v) is 4.21. The molecular formula is C20H30IN5S. The highest BCUT2D eigenvalue weighted by Crippen LogP contribution is 2.24. The molecule has 0 saturated carbocycles. The third kappa shape index (κ3) is 5.13. The summed E-state index contributed by atoms with van der Waals surface area (Å²) in [5, 5.41) is 4.60. The van der Waals surface area contributed by atoms with Crippen molar-refractivity contribution in [1.82, 2.24) is 15.2 Å². The van der Waals surface area contributed by atoms with E-state index in [1.54, 1.807) is 11.3 Å². The Kier molecular flexibility index (Phi) is 7.91. The van der Waals surface area contributed by atoms with Crippen molar-refractivity contribution >= 4 is 47.0 Å². The van der Waals surface area contributed by atoms with Gasteiger partial charge in [-0.05, 0) is 44.9 Å². The number of nitrogens with zero attached hydrogens (tertiary/aromatic N) is 4. The summed E-state index contributed by atoms with van der Waals surface area (Å²) in [5.74, 6) is 0.969. The molecule has 0 amide bonds. The van der Waals surface area contributed by atoms with Gasteiger partial charge in [0.15, 0.2) is 5.96 Å². The highest BCUT2D eigenvalue weighted by molar-refractivity contribution is 14.0. The van der Waals surface area contributed by atoms with Crippen LogP contribution < -0.4 is 10.2 Å². The lowest BCUT2D eigenvalue weighted by Gasteiger charge is -2.38. The molecule has 1 saturated heterocycles. The Bertz CT molecular complexity index is 774. The average Bonchev–Trinajstić information content (AvgIpc) is 2.96. The summed E-state index contributed by atoms with van der Waals surface area (Å²) >= 11 is 1.76. The zero-order valence-corrected chi connectivity index (χ0v) is 20.0. The van der Waals surface area contributed by atoms with Gasteiger partial charge in [-0.3, -0.25) is 4.99 Å². The first-order chi connectivity index (χ1) is 12.5. The number of aliphatic imine (C=N–C) groups is 1. The van der Waals surface area contributed by atoms with Crippen LogP contribution >= 0.6 is 35.3 Å². The summed E-state index contributed by atoms with van der Waals surface area (Å²) < 4.78 is 0. The summed E-state index contributed by atoms with van der Waals surface area (Å²) in [5.41, 5.74) is 5.24. The quantitative estimate of drug-likeness (QED) is 0.396. The van der Waals surface area contributed by atoms with Crippen molar-refractivity contribution in [3.05, 3.63) is 44.9 Å². The van der Waals surface area contributed by atoms with Crippen molar-refractivity contribution in [1.29, 1.82) is 0 Å². The molecule has 1 N–H and O–H groups in total. The highest BCUT2D eigenvalue weighted by atomic mass is 127. The van der Waals surface area contributed by atoms with Crippen LogP contribution in [0.25, 0.3) is 0 Å². The van der Waals surface area contributed by atoms with E-state index < -0.39 is 0 Å². The minimum absolute atomic E-state index is 0. The van der Waals surface area contributed by atoms with Crippen molar-refractivity contribution in [2.75, 3.05) is 38.1 Å². The molecular weight excluding hydrogens is 469 g/mol. The van der Waals surface area contributed by atoms with Gasteiger partial charge in [0.25, 0.3) is 0 Å². The normalized spacial score (nSPS) is 14.9. The first-order valence-corrected chi connectivity index (χ1v) is 10.0. The zero-order chi connectivity index (χ0) is 18.7. The van der Waals surface area contributed by atoms with Crippen molar-refractivity contribution < 1.29 is 0 Å². The van der Waals surface area contributed by atoms with E-state index in [0.717, 1.165) is 49.4 Å². The molecule has 2 aromatic rings. The number of hydrogen-bond donors (Lipinski definition) is 1. The molecule has 1 aromatic carbocycles. The molecule has 2 heterocycles. The van der Waals surface area contributed by atoms with Gasteiger partial charge in [0.05, 0.1) is 12.2 Å². The molecule has 0 unspecified atom stereocenters. The molecule has 1 aliphatic heterocycles. The molecule has 0 bridgehead atoms.